The molecular formula is C14H19F2NO2. The van der Waals surface area contributed by atoms with Crippen LogP contribution >= 0.6 is 0 Å². The van der Waals surface area contributed by atoms with Gasteiger partial charge in [-0.2, -0.15) is 0 Å². The van der Waals surface area contributed by atoms with Crippen LogP contribution < -0.4 is 5.32 Å². The van der Waals surface area contributed by atoms with E-state index in [2.05, 4.69) is 5.32 Å². The molecule has 1 unspecified atom stereocenters. The molecule has 3 nitrogen and oxygen atoms in total. The Morgan fingerprint density at radius 3 is 2.53 bits per heavy atom. The molecule has 0 aliphatic carbocycles. The minimum absolute atomic E-state index is 0.0301. The van der Waals surface area contributed by atoms with Crippen LogP contribution in [-0.4, -0.2) is 25.2 Å². The van der Waals surface area contributed by atoms with Crippen molar-refractivity contribution in [3.8, 4) is 0 Å². The lowest BCUT2D eigenvalue weighted by Gasteiger charge is -2.13. The largest absolute Gasteiger partial charge is 0.466 e. The van der Waals surface area contributed by atoms with Gasteiger partial charge in [0.25, 0.3) is 0 Å². The molecule has 5 heteroatoms. The summed E-state index contributed by atoms with van der Waals surface area (Å²) in [5, 5.41) is 3.11. The zero-order valence-electron chi connectivity index (χ0n) is 11.2. The number of hydrogen-bond donors (Lipinski definition) is 1. The summed E-state index contributed by atoms with van der Waals surface area (Å²) >= 11 is 0. The van der Waals surface area contributed by atoms with Crippen molar-refractivity contribution in [3.05, 3.63) is 35.4 Å². The van der Waals surface area contributed by atoms with Crippen molar-refractivity contribution >= 4 is 5.97 Å². The molecule has 0 aromatic heterocycles. The molecule has 1 N–H and O–H groups in total. The molecule has 0 bridgehead atoms. The van der Waals surface area contributed by atoms with Crippen molar-refractivity contribution in [2.24, 2.45) is 0 Å². The zero-order valence-corrected chi connectivity index (χ0v) is 11.2. The number of halogens is 2. The van der Waals surface area contributed by atoms with Crippen LogP contribution in [0, 0.1) is 11.6 Å². The highest BCUT2D eigenvalue weighted by molar-refractivity contribution is 5.69. The Hall–Kier alpha value is -1.49. The lowest BCUT2D eigenvalue weighted by Crippen LogP contribution is -2.30. The van der Waals surface area contributed by atoms with Crippen molar-refractivity contribution in [3.63, 3.8) is 0 Å². The molecule has 0 heterocycles. The molecule has 0 aliphatic heterocycles. The summed E-state index contributed by atoms with van der Waals surface area (Å²) in [6, 6.07) is 3.43. The number of esters is 1. The number of benzene rings is 1. The Morgan fingerprint density at radius 1 is 1.32 bits per heavy atom. The van der Waals surface area contributed by atoms with Gasteiger partial charge in [0.2, 0.25) is 0 Å². The first-order valence-electron chi connectivity index (χ1n) is 6.35. The van der Waals surface area contributed by atoms with Crippen molar-refractivity contribution in [2.75, 3.05) is 13.2 Å². The van der Waals surface area contributed by atoms with Gasteiger partial charge in [-0.1, -0.05) is 0 Å². The average molecular weight is 271 g/mol. The Kier molecular flexibility index (Phi) is 6.42. The first-order chi connectivity index (χ1) is 9.01. The molecule has 106 valence electrons. The third kappa shape index (κ3) is 6.29. The Balaban J connectivity index is 2.31. The van der Waals surface area contributed by atoms with Crippen molar-refractivity contribution in [1.82, 2.24) is 5.32 Å². The maximum absolute atomic E-state index is 12.9. The molecular weight excluding hydrogens is 252 g/mol. The van der Waals surface area contributed by atoms with E-state index < -0.39 is 11.6 Å². The molecule has 1 aromatic rings. The van der Waals surface area contributed by atoms with Gasteiger partial charge in [-0.05, 0) is 44.5 Å². The fourth-order valence-corrected chi connectivity index (χ4v) is 1.76. The second-order valence-corrected chi connectivity index (χ2v) is 4.39. The van der Waals surface area contributed by atoms with E-state index in [0.29, 0.717) is 25.1 Å². The zero-order chi connectivity index (χ0) is 14.3. The first kappa shape index (κ1) is 15.6. The van der Waals surface area contributed by atoms with Crippen molar-refractivity contribution in [2.45, 2.75) is 32.7 Å². The first-order valence-corrected chi connectivity index (χ1v) is 6.35. The standard InChI is InChI=1S/C14H19F2NO2/c1-3-19-14(18)6-10(2)17-5-4-11-7-12(15)9-13(16)8-11/h7-10,17H,3-6H2,1-2H3. The molecule has 0 amide bonds. The van der Waals surface area contributed by atoms with Crippen molar-refractivity contribution < 1.29 is 18.3 Å². The van der Waals surface area contributed by atoms with Crippen LogP contribution in [0.4, 0.5) is 8.78 Å². The molecule has 0 spiro atoms. The van der Waals surface area contributed by atoms with Gasteiger partial charge in [-0.25, -0.2) is 8.78 Å². The highest BCUT2D eigenvalue weighted by Gasteiger charge is 2.09. The molecule has 0 saturated carbocycles. The number of carbonyl (C=O) groups excluding carboxylic acids is 1. The summed E-state index contributed by atoms with van der Waals surface area (Å²) in [6.45, 7) is 4.54. The van der Waals surface area contributed by atoms with E-state index in [0.717, 1.165) is 6.07 Å². The smallest absolute Gasteiger partial charge is 0.307 e. The van der Waals surface area contributed by atoms with E-state index in [-0.39, 0.29) is 18.4 Å². The number of nitrogens with one attached hydrogen (secondary N) is 1. The highest BCUT2D eigenvalue weighted by atomic mass is 19.1. The predicted molar refractivity (Wildman–Crippen MR) is 68.8 cm³/mol. The Morgan fingerprint density at radius 2 is 1.95 bits per heavy atom. The molecule has 1 aromatic carbocycles. The van der Waals surface area contributed by atoms with Crippen LogP contribution in [0.1, 0.15) is 25.8 Å². The van der Waals surface area contributed by atoms with Crippen LogP contribution in [0.15, 0.2) is 18.2 Å². The number of ether oxygens (including phenoxy) is 1. The van der Waals surface area contributed by atoms with Gasteiger partial charge < -0.3 is 10.1 Å². The quantitative estimate of drug-likeness (QED) is 0.774. The van der Waals surface area contributed by atoms with E-state index in [4.69, 9.17) is 4.74 Å². The van der Waals surface area contributed by atoms with Crippen LogP contribution in [0.2, 0.25) is 0 Å². The van der Waals surface area contributed by atoms with E-state index in [1.54, 1.807) is 6.92 Å². The fraction of sp³-hybridized carbons (Fsp3) is 0.500. The van der Waals surface area contributed by atoms with Crippen LogP contribution in [-0.2, 0) is 16.0 Å². The summed E-state index contributed by atoms with van der Waals surface area (Å²) in [4.78, 5) is 11.2. The summed E-state index contributed by atoms with van der Waals surface area (Å²) in [6.07, 6.45) is 0.785. The van der Waals surface area contributed by atoms with Gasteiger partial charge in [-0.15, -0.1) is 0 Å². The minimum atomic E-state index is -0.574. The van der Waals surface area contributed by atoms with Crippen molar-refractivity contribution in [1.29, 1.82) is 0 Å². The van der Waals surface area contributed by atoms with E-state index in [1.165, 1.54) is 12.1 Å². The van der Waals surface area contributed by atoms with E-state index >= 15 is 0 Å². The SMILES string of the molecule is CCOC(=O)CC(C)NCCc1cc(F)cc(F)c1. The molecule has 0 aliphatic rings. The normalized spacial score (nSPS) is 12.2. The summed E-state index contributed by atoms with van der Waals surface area (Å²) in [5.74, 6) is -1.40. The minimum Gasteiger partial charge on any atom is -0.466 e. The summed E-state index contributed by atoms with van der Waals surface area (Å²) in [5.41, 5.74) is 0.591. The van der Waals surface area contributed by atoms with Crippen LogP contribution in [0.3, 0.4) is 0 Å². The predicted octanol–water partition coefficient (Wildman–Crippen LogP) is 2.44. The maximum Gasteiger partial charge on any atom is 0.307 e. The number of carbonyl (C=O) groups is 1. The third-order valence-electron chi connectivity index (χ3n) is 2.61. The van der Waals surface area contributed by atoms with Gasteiger partial charge in [0.1, 0.15) is 11.6 Å². The number of rotatable bonds is 7. The van der Waals surface area contributed by atoms with E-state index in [9.17, 15) is 13.6 Å². The highest BCUT2D eigenvalue weighted by Crippen LogP contribution is 2.08. The van der Waals surface area contributed by atoms with Gasteiger partial charge in [0.05, 0.1) is 13.0 Å². The lowest BCUT2D eigenvalue weighted by atomic mass is 10.1. The molecule has 1 rings (SSSR count). The van der Waals surface area contributed by atoms with Gasteiger partial charge in [0.15, 0.2) is 0 Å². The molecule has 0 radical (unpaired) electrons. The Bertz CT molecular complexity index is 404. The molecule has 0 fully saturated rings. The molecule has 1 atom stereocenters. The van der Waals surface area contributed by atoms with Gasteiger partial charge >= 0.3 is 5.97 Å². The maximum atomic E-state index is 12.9. The average Bonchev–Trinajstić information content (AvgIpc) is 2.27. The molecule has 0 saturated heterocycles. The lowest BCUT2D eigenvalue weighted by molar-refractivity contribution is -0.143. The van der Waals surface area contributed by atoms with Gasteiger partial charge in [0, 0.05) is 12.1 Å². The third-order valence-corrected chi connectivity index (χ3v) is 2.61. The topological polar surface area (TPSA) is 38.3 Å². The number of hydrogen-bond acceptors (Lipinski definition) is 3. The molecule has 19 heavy (non-hydrogen) atoms. The summed E-state index contributed by atoms with van der Waals surface area (Å²) < 4.78 is 30.7. The van der Waals surface area contributed by atoms with Gasteiger partial charge in [-0.3, -0.25) is 4.79 Å². The van der Waals surface area contributed by atoms with Crippen LogP contribution in [0.5, 0.6) is 0 Å². The Labute approximate surface area is 112 Å². The van der Waals surface area contributed by atoms with E-state index in [1.807, 2.05) is 6.92 Å². The fourth-order valence-electron chi connectivity index (χ4n) is 1.76. The monoisotopic (exact) mass is 271 g/mol. The second-order valence-electron chi connectivity index (χ2n) is 4.39. The summed E-state index contributed by atoms with van der Waals surface area (Å²) in [7, 11) is 0. The van der Waals surface area contributed by atoms with Crippen LogP contribution in [0.25, 0.3) is 0 Å². The second kappa shape index (κ2) is 7.84.